The van der Waals surface area contributed by atoms with E-state index in [0.29, 0.717) is 5.95 Å². The van der Waals surface area contributed by atoms with Gasteiger partial charge in [0.2, 0.25) is 11.9 Å². The number of aromatic amines is 1. The van der Waals surface area contributed by atoms with Crippen molar-refractivity contribution in [2.75, 3.05) is 5.32 Å². The second kappa shape index (κ2) is 5.84. The second-order valence-electron chi connectivity index (χ2n) is 4.36. The summed E-state index contributed by atoms with van der Waals surface area (Å²) in [5.41, 5.74) is 7.46. The van der Waals surface area contributed by atoms with Crippen LogP contribution in [-0.2, 0) is 4.79 Å². The number of para-hydroxylation sites is 2. The van der Waals surface area contributed by atoms with Crippen molar-refractivity contribution in [3.63, 3.8) is 0 Å². The van der Waals surface area contributed by atoms with Crippen molar-refractivity contribution in [2.24, 2.45) is 11.7 Å². The molecule has 1 heterocycles. The maximum Gasteiger partial charge on any atom is 0.243 e. The van der Waals surface area contributed by atoms with Gasteiger partial charge < -0.3 is 10.7 Å². The molecule has 5 nitrogen and oxygen atoms in total. The van der Waals surface area contributed by atoms with Crippen molar-refractivity contribution in [3.05, 3.63) is 24.3 Å². The smallest absolute Gasteiger partial charge is 0.243 e. The van der Waals surface area contributed by atoms with E-state index in [1.807, 2.05) is 38.1 Å². The maximum atomic E-state index is 11.7. The van der Waals surface area contributed by atoms with Crippen LogP contribution in [0.3, 0.4) is 0 Å². The minimum absolute atomic E-state index is 0. The Kier molecular flexibility index (Phi) is 4.69. The van der Waals surface area contributed by atoms with Crippen LogP contribution in [0.25, 0.3) is 11.0 Å². The zero-order valence-electron chi connectivity index (χ0n) is 10.3. The van der Waals surface area contributed by atoms with Gasteiger partial charge in [0.25, 0.3) is 0 Å². The van der Waals surface area contributed by atoms with E-state index in [2.05, 4.69) is 15.3 Å². The number of nitrogens with two attached hydrogens (primary N) is 1. The maximum absolute atomic E-state index is 11.7. The Hall–Kier alpha value is -1.59. The van der Waals surface area contributed by atoms with Gasteiger partial charge in [0.1, 0.15) is 0 Å². The molecular weight excluding hydrogens is 252 g/mol. The van der Waals surface area contributed by atoms with E-state index in [9.17, 15) is 4.79 Å². The zero-order chi connectivity index (χ0) is 12.4. The third-order valence-corrected chi connectivity index (χ3v) is 2.65. The number of aromatic nitrogens is 2. The van der Waals surface area contributed by atoms with E-state index in [1.165, 1.54) is 0 Å². The quantitative estimate of drug-likeness (QED) is 0.795. The minimum atomic E-state index is -0.525. The van der Waals surface area contributed by atoms with Crippen LogP contribution in [-0.4, -0.2) is 21.9 Å². The summed E-state index contributed by atoms with van der Waals surface area (Å²) >= 11 is 0. The van der Waals surface area contributed by atoms with E-state index in [0.717, 1.165) is 11.0 Å². The van der Waals surface area contributed by atoms with Crippen molar-refractivity contribution >= 4 is 35.3 Å². The van der Waals surface area contributed by atoms with Crippen LogP contribution in [0, 0.1) is 5.92 Å². The van der Waals surface area contributed by atoms with Gasteiger partial charge in [-0.25, -0.2) is 4.98 Å². The van der Waals surface area contributed by atoms with Crippen molar-refractivity contribution in [1.29, 1.82) is 0 Å². The fourth-order valence-corrected chi connectivity index (χ4v) is 1.51. The number of hydrogen-bond acceptors (Lipinski definition) is 3. The molecule has 0 bridgehead atoms. The molecule has 2 aromatic rings. The number of fused-ring (bicyclic) bond motifs is 1. The summed E-state index contributed by atoms with van der Waals surface area (Å²) in [6, 6.07) is 7.06. The zero-order valence-corrected chi connectivity index (χ0v) is 11.1. The van der Waals surface area contributed by atoms with Crippen LogP contribution in [0.1, 0.15) is 13.8 Å². The van der Waals surface area contributed by atoms with Crippen LogP contribution in [0.15, 0.2) is 24.3 Å². The summed E-state index contributed by atoms with van der Waals surface area (Å²) < 4.78 is 0. The predicted molar refractivity (Wildman–Crippen MR) is 74.8 cm³/mol. The van der Waals surface area contributed by atoms with Crippen LogP contribution in [0.2, 0.25) is 0 Å². The van der Waals surface area contributed by atoms with Crippen molar-refractivity contribution in [1.82, 2.24) is 9.97 Å². The fraction of sp³-hybridized carbons (Fsp3) is 0.333. The van der Waals surface area contributed by atoms with E-state index < -0.39 is 6.04 Å². The number of carbonyl (C=O) groups excluding carboxylic acids is 1. The molecule has 0 fully saturated rings. The first-order valence-electron chi connectivity index (χ1n) is 5.59. The number of carbonyl (C=O) groups is 1. The molecule has 1 aromatic heterocycles. The molecule has 6 heteroatoms. The van der Waals surface area contributed by atoms with Gasteiger partial charge >= 0.3 is 0 Å². The Bertz CT molecular complexity index is 505. The lowest BCUT2D eigenvalue weighted by Gasteiger charge is -2.13. The highest BCUT2D eigenvalue weighted by molar-refractivity contribution is 5.94. The SMILES string of the molecule is CC(C)[C@@H](N)C(=O)Nc1nc2ccccc2[nH]1.Cl. The highest BCUT2D eigenvalue weighted by Crippen LogP contribution is 2.13. The molecule has 0 radical (unpaired) electrons. The number of nitrogens with zero attached hydrogens (tertiary/aromatic N) is 1. The molecule has 0 spiro atoms. The van der Waals surface area contributed by atoms with E-state index in [4.69, 9.17) is 5.73 Å². The first-order valence-corrected chi connectivity index (χ1v) is 5.59. The number of halogens is 1. The van der Waals surface area contributed by atoms with Gasteiger partial charge in [-0.1, -0.05) is 26.0 Å². The number of nitrogens with one attached hydrogen (secondary N) is 2. The Morgan fingerprint density at radius 3 is 2.67 bits per heavy atom. The normalized spacial score (nSPS) is 12.2. The molecule has 1 amide bonds. The van der Waals surface area contributed by atoms with Gasteiger partial charge in [-0.15, -0.1) is 12.4 Å². The second-order valence-corrected chi connectivity index (χ2v) is 4.36. The van der Waals surface area contributed by atoms with Gasteiger partial charge in [0, 0.05) is 0 Å². The minimum Gasteiger partial charge on any atom is -0.324 e. The predicted octanol–water partition coefficient (Wildman–Crippen LogP) is 1.91. The van der Waals surface area contributed by atoms with Gasteiger partial charge in [0.15, 0.2) is 0 Å². The van der Waals surface area contributed by atoms with Gasteiger partial charge in [-0.05, 0) is 18.1 Å². The highest BCUT2D eigenvalue weighted by Gasteiger charge is 2.18. The summed E-state index contributed by atoms with van der Waals surface area (Å²) in [5, 5.41) is 2.68. The summed E-state index contributed by atoms with van der Waals surface area (Å²) in [6.45, 7) is 3.81. The molecule has 0 aliphatic heterocycles. The molecule has 4 N–H and O–H groups in total. The summed E-state index contributed by atoms with van der Waals surface area (Å²) in [4.78, 5) is 19.0. The average Bonchev–Trinajstić information content (AvgIpc) is 2.69. The number of H-pyrrole nitrogens is 1. The standard InChI is InChI=1S/C12H16N4O.ClH/c1-7(2)10(13)11(17)16-12-14-8-5-3-4-6-9(8)15-12;/h3-7,10H,13H2,1-2H3,(H2,14,15,16,17);1H/t10-;/m1./s1. The molecule has 18 heavy (non-hydrogen) atoms. The molecule has 1 atom stereocenters. The van der Waals surface area contributed by atoms with Gasteiger partial charge in [-0.2, -0.15) is 0 Å². The average molecular weight is 269 g/mol. The molecule has 0 aliphatic rings. The number of hydrogen-bond donors (Lipinski definition) is 3. The molecule has 2 rings (SSSR count). The first kappa shape index (κ1) is 14.5. The lowest BCUT2D eigenvalue weighted by atomic mass is 10.1. The number of benzene rings is 1. The van der Waals surface area contributed by atoms with E-state index in [-0.39, 0.29) is 24.2 Å². The third-order valence-electron chi connectivity index (χ3n) is 2.65. The molecule has 0 aliphatic carbocycles. The van der Waals surface area contributed by atoms with Crippen LogP contribution >= 0.6 is 12.4 Å². The summed E-state index contributed by atoms with van der Waals surface area (Å²) in [7, 11) is 0. The van der Waals surface area contributed by atoms with Crippen LogP contribution < -0.4 is 11.1 Å². The lowest BCUT2D eigenvalue weighted by molar-refractivity contribution is -0.118. The van der Waals surface area contributed by atoms with E-state index in [1.54, 1.807) is 0 Å². The topological polar surface area (TPSA) is 83.8 Å². The molecular formula is C12H17ClN4O. The Morgan fingerprint density at radius 2 is 2.06 bits per heavy atom. The highest BCUT2D eigenvalue weighted by atomic mass is 35.5. The molecule has 0 unspecified atom stereocenters. The molecule has 98 valence electrons. The summed E-state index contributed by atoms with van der Waals surface area (Å²) in [5.74, 6) is 0.311. The van der Waals surface area contributed by atoms with Crippen LogP contribution in [0.4, 0.5) is 5.95 Å². The van der Waals surface area contributed by atoms with Crippen molar-refractivity contribution in [3.8, 4) is 0 Å². The fourth-order valence-electron chi connectivity index (χ4n) is 1.51. The summed E-state index contributed by atoms with van der Waals surface area (Å²) in [6.07, 6.45) is 0. The Balaban J connectivity index is 0.00000162. The Labute approximate surface area is 112 Å². The molecule has 1 aromatic carbocycles. The lowest BCUT2D eigenvalue weighted by Crippen LogP contribution is -2.39. The monoisotopic (exact) mass is 268 g/mol. The number of rotatable bonds is 3. The Morgan fingerprint density at radius 1 is 1.39 bits per heavy atom. The third kappa shape index (κ3) is 3.00. The molecule has 0 saturated carbocycles. The first-order chi connectivity index (χ1) is 8.08. The van der Waals surface area contributed by atoms with Crippen molar-refractivity contribution < 1.29 is 4.79 Å². The number of anilines is 1. The largest absolute Gasteiger partial charge is 0.324 e. The van der Waals surface area contributed by atoms with E-state index >= 15 is 0 Å². The van der Waals surface area contributed by atoms with Gasteiger partial charge in [-0.3, -0.25) is 10.1 Å². The van der Waals surface area contributed by atoms with Crippen molar-refractivity contribution in [2.45, 2.75) is 19.9 Å². The van der Waals surface area contributed by atoms with Crippen LogP contribution in [0.5, 0.6) is 0 Å². The van der Waals surface area contributed by atoms with Gasteiger partial charge in [0.05, 0.1) is 17.1 Å². The molecule has 0 saturated heterocycles. The number of amides is 1. The number of imidazole rings is 1.